The van der Waals surface area contributed by atoms with E-state index in [1.165, 1.54) is 22.3 Å². The number of benzene rings is 1. The van der Waals surface area contributed by atoms with E-state index in [-0.39, 0.29) is 23.9 Å². The second-order valence-electron chi connectivity index (χ2n) is 5.85. The quantitative estimate of drug-likeness (QED) is 0.911. The van der Waals surface area contributed by atoms with E-state index in [4.69, 9.17) is 11.0 Å². The molecule has 0 unspecified atom stereocenters. The molecular formula is C17H15FN4OS. The predicted molar refractivity (Wildman–Crippen MR) is 90.8 cm³/mol. The lowest BCUT2D eigenvalue weighted by molar-refractivity contribution is -0.128. The summed E-state index contributed by atoms with van der Waals surface area (Å²) in [6.45, 7) is 1.84. The van der Waals surface area contributed by atoms with Crippen molar-refractivity contribution in [1.29, 1.82) is 5.26 Å². The third-order valence-electron chi connectivity index (χ3n) is 4.13. The number of halogens is 1. The fraction of sp³-hybridized carbons (Fsp3) is 0.235. The number of nitrogens with zero attached hydrogens (tertiary/aromatic N) is 3. The van der Waals surface area contributed by atoms with Crippen LogP contribution in [-0.2, 0) is 10.3 Å². The van der Waals surface area contributed by atoms with E-state index >= 15 is 0 Å². The van der Waals surface area contributed by atoms with E-state index in [1.807, 2.05) is 13.0 Å². The lowest BCUT2D eigenvalue weighted by Gasteiger charge is -2.32. The maximum atomic E-state index is 14.4. The molecule has 1 aromatic heterocycles. The van der Waals surface area contributed by atoms with E-state index in [2.05, 4.69) is 4.99 Å². The summed E-state index contributed by atoms with van der Waals surface area (Å²) in [6.07, 6.45) is 0.199. The third-order valence-corrected chi connectivity index (χ3v) is 5.32. The number of hydrogen-bond acceptors (Lipinski definition) is 5. The van der Waals surface area contributed by atoms with Gasteiger partial charge in [-0.05, 0) is 30.0 Å². The molecule has 24 heavy (non-hydrogen) atoms. The topological polar surface area (TPSA) is 82.5 Å². The second kappa shape index (κ2) is 5.73. The minimum atomic E-state index is -0.764. The molecule has 2 N–H and O–H groups in total. The Balaban J connectivity index is 2.04. The predicted octanol–water partition coefficient (Wildman–Crippen LogP) is 2.82. The number of hydrogen-bond donors (Lipinski definition) is 1. The third kappa shape index (κ3) is 2.55. The molecule has 1 aliphatic heterocycles. The molecule has 2 aromatic rings. The first-order chi connectivity index (χ1) is 11.4. The molecule has 0 saturated heterocycles. The molecule has 0 saturated carbocycles. The molecule has 0 bridgehead atoms. The average Bonchev–Trinajstić information content (AvgIpc) is 3.03. The minimum Gasteiger partial charge on any atom is -0.369 e. The van der Waals surface area contributed by atoms with E-state index < -0.39 is 11.4 Å². The van der Waals surface area contributed by atoms with Crippen LogP contribution in [0.5, 0.6) is 0 Å². The van der Waals surface area contributed by atoms with Crippen LogP contribution in [0.4, 0.5) is 4.39 Å². The number of nitriles is 1. The van der Waals surface area contributed by atoms with Gasteiger partial charge in [-0.15, -0.1) is 11.3 Å². The van der Waals surface area contributed by atoms with Crippen LogP contribution in [0.15, 0.2) is 34.6 Å². The summed E-state index contributed by atoms with van der Waals surface area (Å²) in [7, 11) is 1.59. The fourth-order valence-electron chi connectivity index (χ4n) is 2.65. The van der Waals surface area contributed by atoms with Crippen LogP contribution in [0.25, 0.3) is 11.1 Å². The lowest BCUT2D eigenvalue weighted by atomic mass is 9.93. The summed E-state index contributed by atoms with van der Waals surface area (Å²) in [6, 6.07) is 8.35. The van der Waals surface area contributed by atoms with E-state index in [1.54, 1.807) is 30.6 Å². The number of rotatable bonds is 2. The molecule has 1 aliphatic rings. The van der Waals surface area contributed by atoms with Crippen LogP contribution in [0, 0.1) is 17.1 Å². The molecule has 0 spiro atoms. The number of carbonyl (C=O) groups is 1. The van der Waals surface area contributed by atoms with Gasteiger partial charge >= 0.3 is 0 Å². The lowest BCUT2D eigenvalue weighted by Crippen LogP contribution is -2.47. The maximum Gasteiger partial charge on any atom is 0.231 e. The average molecular weight is 342 g/mol. The van der Waals surface area contributed by atoms with Gasteiger partial charge in [0.05, 0.1) is 12.0 Å². The van der Waals surface area contributed by atoms with Crippen LogP contribution in [0.2, 0.25) is 0 Å². The maximum absolute atomic E-state index is 14.4. The number of guanidine groups is 1. The Morgan fingerprint density at radius 2 is 2.25 bits per heavy atom. The van der Waals surface area contributed by atoms with E-state index in [9.17, 15) is 9.18 Å². The number of nitrogens with two attached hydrogens (primary N) is 1. The van der Waals surface area contributed by atoms with Crippen molar-refractivity contribution in [3.63, 3.8) is 0 Å². The van der Waals surface area contributed by atoms with Gasteiger partial charge in [-0.1, -0.05) is 12.1 Å². The molecule has 1 amide bonds. The summed E-state index contributed by atoms with van der Waals surface area (Å²) < 4.78 is 14.4. The molecule has 122 valence electrons. The van der Waals surface area contributed by atoms with Crippen LogP contribution in [-0.4, -0.2) is 23.8 Å². The van der Waals surface area contributed by atoms with Gasteiger partial charge in [0.25, 0.3) is 0 Å². The zero-order chi connectivity index (χ0) is 17.5. The van der Waals surface area contributed by atoms with Crippen molar-refractivity contribution in [2.75, 3.05) is 7.05 Å². The molecule has 3 rings (SSSR count). The summed E-state index contributed by atoms with van der Waals surface area (Å²) in [5, 5.41) is 10.8. The molecule has 7 heteroatoms. The highest BCUT2D eigenvalue weighted by molar-refractivity contribution is 7.10. The molecule has 1 aromatic carbocycles. The van der Waals surface area contributed by atoms with Gasteiger partial charge in [0.1, 0.15) is 17.4 Å². The van der Waals surface area contributed by atoms with Gasteiger partial charge in [0.2, 0.25) is 5.91 Å². The van der Waals surface area contributed by atoms with Crippen LogP contribution in [0.1, 0.15) is 23.8 Å². The second-order valence-corrected chi connectivity index (χ2v) is 6.76. The molecule has 5 nitrogen and oxygen atoms in total. The van der Waals surface area contributed by atoms with Crippen molar-refractivity contribution >= 4 is 23.2 Å². The summed E-state index contributed by atoms with van der Waals surface area (Å²) in [4.78, 5) is 18.7. The van der Waals surface area contributed by atoms with Crippen molar-refractivity contribution in [3.8, 4) is 17.2 Å². The zero-order valence-electron chi connectivity index (χ0n) is 13.2. The number of carbonyl (C=O) groups excluding carboxylic acids is 1. The molecule has 0 aliphatic carbocycles. The smallest absolute Gasteiger partial charge is 0.231 e. The largest absolute Gasteiger partial charge is 0.369 e. The van der Waals surface area contributed by atoms with E-state index in [0.717, 1.165) is 4.88 Å². The Labute approximate surface area is 142 Å². The molecular weight excluding hydrogens is 327 g/mol. The highest BCUT2D eigenvalue weighted by atomic mass is 32.1. The van der Waals surface area contributed by atoms with Gasteiger partial charge in [-0.3, -0.25) is 9.69 Å². The summed E-state index contributed by atoms with van der Waals surface area (Å²) in [5.41, 5.74) is 6.08. The number of thiophene rings is 1. The Bertz CT molecular complexity index is 898. The van der Waals surface area contributed by atoms with Gasteiger partial charge in [-0.25, -0.2) is 9.38 Å². The number of amides is 1. The van der Waals surface area contributed by atoms with Crippen molar-refractivity contribution in [1.82, 2.24) is 4.90 Å². The van der Waals surface area contributed by atoms with Gasteiger partial charge in [0, 0.05) is 17.5 Å². The van der Waals surface area contributed by atoms with Gasteiger partial charge in [0.15, 0.2) is 5.96 Å². The Kier molecular flexibility index (Phi) is 3.85. The van der Waals surface area contributed by atoms with Crippen LogP contribution >= 0.6 is 11.3 Å². The molecule has 1 atom stereocenters. The summed E-state index contributed by atoms with van der Waals surface area (Å²) in [5.74, 6) is -0.490. The van der Waals surface area contributed by atoms with Gasteiger partial charge in [-0.2, -0.15) is 5.26 Å². The van der Waals surface area contributed by atoms with Crippen molar-refractivity contribution in [2.24, 2.45) is 10.7 Å². The highest BCUT2D eigenvalue weighted by Crippen LogP contribution is 2.39. The molecule has 2 heterocycles. The zero-order valence-corrected chi connectivity index (χ0v) is 14.0. The van der Waals surface area contributed by atoms with Gasteiger partial charge < -0.3 is 5.73 Å². The monoisotopic (exact) mass is 342 g/mol. The first-order valence-electron chi connectivity index (χ1n) is 7.25. The standard InChI is InChI=1S/C17H15FN4OS/c1-17(7-14(23)22(2)16(20)21-17)13-6-11(9-24-13)12-5-3-4-10(8-19)15(12)18/h3-6,9H,7H2,1-2H3,(H2,20,21)/t17-/m0/s1. The first kappa shape index (κ1) is 16.1. The Morgan fingerprint density at radius 1 is 1.50 bits per heavy atom. The van der Waals surface area contributed by atoms with Crippen molar-refractivity contribution in [3.05, 3.63) is 45.9 Å². The Morgan fingerprint density at radius 3 is 2.92 bits per heavy atom. The van der Waals surface area contributed by atoms with Crippen LogP contribution < -0.4 is 5.73 Å². The van der Waals surface area contributed by atoms with Crippen LogP contribution in [0.3, 0.4) is 0 Å². The Hall–Kier alpha value is -2.72. The SMILES string of the molecule is CN1C(=O)C[C@@](C)(c2cc(-c3cccc(C#N)c3F)cs2)N=C1N. The van der Waals surface area contributed by atoms with E-state index in [0.29, 0.717) is 11.1 Å². The molecule has 0 fully saturated rings. The normalized spacial score (nSPS) is 20.7. The fourth-order valence-corrected chi connectivity index (χ4v) is 3.67. The van der Waals surface area contributed by atoms with Crippen molar-refractivity contribution in [2.45, 2.75) is 18.9 Å². The molecule has 0 radical (unpaired) electrons. The number of aliphatic imine (C=N–C) groups is 1. The summed E-state index contributed by atoms with van der Waals surface area (Å²) >= 11 is 1.39. The first-order valence-corrected chi connectivity index (χ1v) is 8.13. The van der Waals surface area contributed by atoms with Crippen molar-refractivity contribution < 1.29 is 9.18 Å². The highest BCUT2D eigenvalue weighted by Gasteiger charge is 2.37. The minimum absolute atomic E-state index is 0.00296.